The van der Waals surface area contributed by atoms with Crippen LogP contribution in [0.5, 0.6) is 5.75 Å². The zero-order valence-corrected chi connectivity index (χ0v) is 19.3. The van der Waals surface area contributed by atoms with Crippen molar-refractivity contribution in [1.82, 2.24) is 15.1 Å². The Morgan fingerprint density at radius 2 is 1.97 bits per heavy atom. The fraction of sp³-hybridized carbons (Fsp3) is 0.640. The molecule has 2 saturated heterocycles. The number of nitrogens with zero attached hydrogens (tertiary/aromatic N) is 2. The lowest BCUT2D eigenvalue weighted by molar-refractivity contribution is -0.136. The number of amides is 3. The van der Waals surface area contributed by atoms with Crippen LogP contribution in [0.1, 0.15) is 60.9 Å². The van der Waals surface area contributed by atoms with Gasteiger partial charge in [-0.15, -0.1) is 0 Å². The lowest BCUT2D eigenvalue weighted by Crippen LogP contribution is -2.52. The van der Waals surface area contributed by atoms with Gasteiger partial charge in [-0.2, -0.15) is 0 Å². The molecule has 8 nitrogen and oxygen atoms in total. The molecule has 8 heteroatoms. The third-order valence-electron chi connectivity index (χ3n) is 7.64. The van der Waals surface area contributed by atoms with Crippen LogP contribution in [0.2, 0.25) is 0 Å². The van der Waals surface area contributed by atoms with Crippen molar-refractivity contribution in [3.63, 3.8) is 0 Å². The summed E-state index contributed by atoms with van der Waals surface area (Å²) in [5, 5.41) is 2.35. The monoisotopic (exact) mass is 455 g/mol. The lowest BCUT2D eigenvalue weighted by Gasteiger charge is -2.37. The molecule has 3 fully saturated rings. The smallest absolute Gasteiger partial charge is 0.255 e. The van der Waals surface area contributed by atoms with Crippen LogP contribution in [0.15, 0.2) is 18.2 Å². The zero-order chi connectivity index (χ0) is 22.9. The number of benzene rings is 1. The SMILES string of the molecule is COC1CC(CCN2CCC[C@@H](Oc3ccc4c(c3)CN(C3CCC(=O)NC3=O)C4=O)C2)C1. The molecule has 4 aliphatic rings. The van der Waals surface area contributed by atoms with Crippen LogP contribution in [0.3, 0.4) is 0 Å². The quantitative estimate of drug-likeness (QED) is 0.634. The van der Waals surface area contributed by atoms with Crippen molar-refractivity contribution in [2.75, 3.05) is 26.7 Å². The van der Waals surface area contributed by atoms with Gasteiger partial charge in [0.05, 0.1) is 6.10 Å². The van der Waals surface area contributed by atoms with Crippen molar-refractivity contribution in [3.8, 4) is 5.75 Å². The highest BCUT2D eigenvalue weighted by molar-refractivity contribution is 6.05. The molecule has 33 heavy (non-hydrogen) atoms. The number of methoxy groups -OCH3 is 1. The molecule has 1 saturated carbocycles. The molecule has 3 aliphatic heterocycles. The number of hydrogen-bond acceptors (Lipinski definition) is 6. The summed E-state index contributed by atoms with van der Waals surface area (Å²) >= 11 is 0. The molecule has 2 atom stereocenters. The number of rotatable bonds is 7. The van der Waals surface area contributed by atoms with E-state index in [0.717, 1.165) is 49.7 Å². The van der Waals surface area contributed by atoms with Crippen LogP contribution in [0.4, 0.5) is 0 Å². The summed E-state index contributed by atoms with van der Waals surface area (Å²) < 4.78 is 11.7. The molecular formula is C25H33N3O5. The molecular weight excluding hydrogens is 422 g/mol. The predicted molar refractivity (Wildman–Crippen MR) is 121 cm³/mol. The second kappa shape index (κ2) is 9.43. The molecule has 1 unspecified atom stereocenters. The minimum atomic E-state index is -0.589. The number of carbonyl (C=O) groups is 3. The minimum Gasteiger partial charge on any atom is -0.489 e. The topological polar surface area (TPSA) is 88.2 Å². The Balaban J connectivity index is 1.16. The second-order valence-electron chi connectivity index (χ2n) is 9.89. The molecule has 178 valence electrons. The van der Waals surface area contributed by atoms with Gasteiger partial charge in [0.25, 0.3) is 5.91 Å². The van der Waals surface area contributed by atoms with E-state index in [9.17, 15) is 14.4 Å². The maximum atomic E-state index is 12.9. The molecule has 1 aromatic rings. The van der Waals surface area contributed by atoms with E-state index in [4.69, 9.17) is 9.47 Å². The Hall–Kier alpha value is -2.45. The molecule has 3 amide bonds. The summed E-state index contributed by atoms with van der Waals surface area (Å²) in [7, 11) is 1.80. The fourth-order valence-corrected chi connectivity index (χ4v) is 5.60. The number of carbonyl (C=O) groups excluding carboxylic acids is 3. The molecule has 5 rings (SSSR count). The number of likely N-dealkylation sites (tertiary alicyclic amines) is 1. The number of ether oxygens (including phenoxy) is 2. The largest absolute Gasteiger partial charge is 0.489 e. The average molecular weight is 456 g/mol. The Morgan fingerprint density at radius 1 is 1.12 bits per heavy atom. The second-order valence-corrected chi connectivity index (χ2v) is 9.89. The van der Waals surface area contributed by atoms with E-state index in [2.05, 4.69) is 10.2 Å². The molecule has 0 bridgehead atoms. The van der Waals surface area contributed by atoms with Gasteiger partial charge in [0.1, 0.15) is 17.9 Å². The first-order valence-corrected chi connectivity index (χ1v) is 12.2. The highest BCUT2D eigenvalue weighted by atomic mass is 16.5. The van der Waals surface area contributed by atoms with Crippen LogP contribution in [0.25, 0.3) is 0 Å². The Labute approximate surface area is 194 Å². The standard InChI is InChI=1S/C25H33N3O5/c1-32-20-11-16(12-20)8-10-27-9-2-3-19(15-27)33-18-4-5-21-17(13-18)14-28(25(21)31)22-6-7-23(29)26-24(22)30/h4-5,13,16,19-20,22H,2-3,6-12,14-15H2,1H3,(H,26,29,30)/t16?,19-,20?,22?/m1/s1. The molecule has 1 aliphatic carbocycles. The van der Waals surface area contributed by atoms with Crippen molar-refractivity contribution >= 4 is 17.7 Å². The van der Waals surface area contributed by atoms with E-state index in [1.807, 2.05) is 18.2 Å². The van der Waals surface area contributed by atoms with Crippen LogP contribution >= 0.6 is 0 Å². The third kappa shape index (κ3) is 4.77. The Kier molecular flexibility index (Phi) is 6.38. The number of nitrogens with one attached hydrogen (secondary N) is 1. The molecule has 0 aromatic heterocycles. The van der Waals surface area contributed by atoms with Gasteiger partial charge in [0, 0.05) is 32.2 Å². The first-order valence-electron chi connectivity index (χ1n) is 12.2. The van der Waals surface area contributed by atoms with Gasteiger partial charge in [0.15, 0.2) is 0 Å². The summed E-state index contributed by atoms with van der Waals surface area (Å²) in [6.07, 6.45) is 7.01. The van der Waals surface area contributed by atoms with Crippen molar-refractivity contribution in [1.29, 1.82) is 0 Å². The van der Waals surface area contributed by atoms with E-state index in [1.165, 1.54) is 19.3 Å². The third-order valence-corrected chi connectivity index (χ3v) is 7.64. The van der Waals surface area contributed by atoms with Crippen molar-refractivity contribution < 1.29 is 23.9 Å². The summed E-state index contributed by atoms with van der Waals surface area (Å²) in [6.45, 7) is 3.54. The van der Waals surface area contributed by atoms with Crippen LogP contribution in [-0.2, 0) is 20.9 Å². The van der Waals surface area contributed by atoms with E-state index in [-0.39, 0.29) is 30.2 Å². The molecule has 1 aromatic carbocycles. The maximum Gasteiger partial charge on any atom is 0.255 e. The maximum absolute atomic E-state index is 12.9. The van der Waals surface area contributed by atoms with Gasteiger partial charge in [-0.25, -0.2) is 0 Å². The van der Waals surface area contributed by atoms with Gasteiger partial charge in [-0.1, -0.05) is 0 Å². The number of hydrogen-bond donors (Lipinski definition) is 1. The van der Waals surface area contributed by atoms with E-state index in [1.54, 1.807) is 12.0 Å². The van der Waals surface area contributed by atoms with E-state index >= 15 is 0 Å². The molecule has 1 N–H and O–H groups in total. The minimum absolute atomic E-state index is 0.147. The normalized spacial score (nSPS) is 30.1. The Bertz CT molecular complexity index is 929. The summed E-state index contributed by atoms with van der Waals surface area (Å²) in [5.74, 6) is 0.759. The van der Waals surface area contributed by atoms with Gasteiger partial charge in [0.2, 0.25) is 11.8 Å². The number of fused-ring (bicyclic) bond motifs is 1. The van der Waals surface area contributed by atoms with Crippen molar-refractivity contribution in [3.05, 3.63) is 29.3 Å². The highest BCUT2D eigenvalue weighted by Gasteiger charge is 2.39. The number of piperidine rings is 2. The highest BCUT2D eigenvalue weighted by Crippen LogP contribution is 2.33. The Morgan fingerprint density at radius 3 is 2.76 bits per heavy atom. The fourth-order valence-electron chi connectivity index (χ4n) is 5.60. The lowest BCUT2D eigenvalue weighted by atomic mass is 9.80. The first-order chi connectivity index (χ1) is 16.0. The molecule has 0 spiro atoms. The van der Waals surface area contributed by atoms with Crippen LogP contribution in [-0.4, -0.2) is 72.5 Å². The zero-order valence-electron chi connectivity index (χ0n) is 19.3. The van der Waals surface area contributed by atoms with Crippen molar-refractivity contribution in [2.45, 2.75) is 69.7 Å². The van der Waals surface area contributed by atoms with E-state index in [0.29, 0.717) is 24.6 Å². The summed E-state index contributed by atoms with van der Waals surface area (Å²) in [4.78, 5) is 40.6. The van der Waals surface area contributed by atoms with Gasteiger partial charge in [-0.05, 0) is 81.3 Å². The van der Waals surface area contributed by atoms with Crippen LogP contribution in [0, 0.1) is 5.92 Å². The first kappa shape index (κ1) is 22.3. The molecule has 3 heterocycles. The average Bonchev–Trinajstić information content (AvgIpc) is 3.09. The van der Waals surface area contributed by atoms with Crippen LogP contribution < -0.4 is 10.1 Å². The molecule has 0 radical (unpaired) electrons. The van der Waals surface area contributed by atoms with Gasteiger partial charge >= 0.3 is 0 Å². The summed E-state index contributed by atoms with van der Waals surface area (Å²) in [6, 6.07) is 5.02. The van der Waals surface area contributed by atoms with Gasteiger partial charge in [-0.3, -0.25) is 24.6 Å². The van der Waals surface area contributed by atoms with E-state index < -0.39 is 6.04 Å². The van der Waals surface area contributed by atoms with Crippen molar-refractivity contribution in [2.24, 2.45) is 5.92 Å². The van der Waals surface area contributed by atoms with Gasteiger partial charge < -0.3 is 14.4 Å². The summed E-state index contributed by atoms with van der Waals surface area (Å²) in [5.41, 5.74) is 1.50. The predicted octanol–water partition coefficient (Wildman–Crippen LogP) is 2.11. The number of imide groups is 1.